The molecule has 0 aliphatic carbocycles. The highest BCUT2D eigenvalue weighted by atomic mass is 19.1. The van der Waals surface area contributed by atoms with Gasteiger partial charge in [0.05, 0.1) is 33.9 Å². The molecule has 0 bridgehead atoms. The second-order valence-electron chi connectivity index (χ2n) is 7.14. The number of hydrogen-bond acceptors (Lipinski definition) is 5. The standard InChI is InChI=1S/C23H33FN4O3/c1-7-25-23(27-15-19(28(2)3)17-9-8-10-18(24)13-17)26-14-16-11-20(29-4)22(31-6)21(12-16)30-5/h8-13,19H,7,14-15H2,1-6H3,(H2,25,26,27). The van der Waals surface area contributed by atoms with Crippen LogP contribution in [-0.4, -0.2) is 59.4 Å². The van der Waals surface area contributed by atoms with Gasteiger partial charge in [0.2, 0.25) is 5.75 Å². The monoisotopic (exact) mass is 432 g/mol. The lowest BCUT2D eigenvalue weighted by Gasteiger charge is -2.26. The van der Waals surface area contributed by atoms with Crippen molar-refractivity contribution in [2.24, 2.45) is 4.99 Å². The number of methoxy groups -OCH3 is 3. The van der Waals surface area contributed by atoms with Crippen molar-refractivity contribution in [3.05, 3.63) is 53.3 Å². The summed E-state index contributed by atoms with van der Waals surface area (Å²) < 4.78 is 29.9. The Kier molecular flexibility index (Phi) is 9.40. The van der Waals surface area contributed by atoms with Crippen molar-refractivity contribution in [3.63, 3.8) is 0 Å². The summed E-state index contributed by atoms with van der Waals surface area (Å²) in [4.78, 5) is 6.73. The van der Waals surface area contributed by atoms with E-state index in [9.17, 15) is 4.39 Å². The third-order valence-corrected chi connectivity index (χ3v) is 4.81. The third-order valence-electron chi connectivity index (χ3n) is 4.81. The molecule has 8 heteroatoms. The van der Waals surface area contributed by atoms with Crippen molar-refractivity contribution in [2.75, 3.05) is 48.5 Å². The first-order chi connectivity index (χ1) is 14.9. The first kappa shape index (κ1) is 24.3. The van der Waals surface area contributed by atoms with Crippen LogP contribution < -0.4 is 24.8 Å². The average Bonchev–Trinajstić information content (AvgIpc) is 2.76. The zero-order chi connectivity index (χ0) is 22.8. The maximum atomic E-state index is 13.7. The van der Waals surface area contributed by atoms with Crippen LogP contribution in [0, 0.1) is 5.82 Å². The van der Waals surface area contributed by atoms with E-state index >= 15 is 0 Å². The summed E-state index contributed by atoms with van der Waals surface area (Å²) in [5.41, 5.74) is 1.82. The van der Waals surface area contributed by atoms with Gasteiger partial charge in [0.25, 0.3) is 0 Å². The van der Waals surface area contributed by atoms with E-state index in [1.165, 1.54) is 6.07 Å². The van der Waals surface area contributed by atoms with Crippen LogP contribution in [0.2, 0.25) is 0 Å². The van der Waals surface area contributed by atoms with E-state index in [-0.39, 0.29) is 11.9 Å². The maximum Gasteiger partial charge on any atom is 0.203 e. The van der Waals surface area contributed by atoms with Gasteiger partial charge in [-0.15, -0.1) is 0 Å². The van der Waals surface area contributed by atoms with Crippen LogP contribution in [0.25, 0.3) is 0 Å². The van der Waals surface area contributed by atoms with Gasteiger partial charge in [0, 0.05) is 13.1 Å². The highest BCUT2D eigenvalue weighted by molar-refractivity contribution is 5.79. The van der Waals surface area contributed by atoms with Gasteiger partial charge >= 0.3 is 0 Å². The SMILES string of the molecule is CCNC(=NCc1cc(OC)c(OC)c(OC)c1)NCC(c1cccc(F)c1)N(C)C. The Balaban J connectivity index is 2.18. The molecule has 1 atom stereocenters. The fourth-order valence-corrected chi connectivity index (χ4v) is 3.24. The minimum Gasteiger partial charge on any atom is -0.493 e. The molecule has 31 heavy (non-hydrogen) atoms. The van der Waals surface area contributed by atoms with Crippen LogP contribution in [0.4, 0.5) is 4.39 Å². The predicted octanol–water partition coefficient (Wildman–Crippen LogP) is 3.21. The van der Waals surface area contributed by atoms with Crippen molar-refractivity contribution in [1.82, 2.24) is 15.5 Å². The summed E-state index contributed by atoms with van der Waals surface area (Å²) in [7, 11) is 8.69. The second-order valence-corrected chi connectivity index (χ2v) is 7.14. The van der Waals surface area contributed by atoms with E-state index in [2.05, 4.69) is 15.6 Å². The molecule has 0 amide bonds. The van der Waals surface area contributed by atoms with Crippen molar-refractivity contribution in [3.8, 4) is 17.2 Å². The smallest absolute Gasteiger partial charge is 0.203 e. The van der Waals surface area contributed by atoms with Crippen LogP contribution in [-0.2, 0) is 6.54 Å². The lowest BCUT2D eigenvalue weighted by atomic mass is 10.1. The number of rotatable bonds is 10. The van der Waals surface area contributed by atoms with Crippen LogP contribution in [0.1, 0.15) is 24.1 Å². The molecule has 0 aromatic heterocycles. The molecule has 0 heterocycles. The van der Waals surface area contributed by atoms with Gasteiger partial charge in [0.1, 0.15) is 5.82 Å². The largest absolute Gasteiger partial charge is 0.493 e. The first-order valence-corrected chi connectivity index (χ1v) is 10.2. The fourth-order valence-electron chi connectivity index (χ4n) is 3.24. The molecule has 2 aromatic carbocycles. The molecule has 0 saturated carbocycles. The summed E-state index contributed by atoms with van der Waals surface area (Å²) in [5, 5.41) is 6.61. The topological polar surface area (TPSA) is 67.4 Å². The van der Waals surface area contributed by atoms with Gasteiger partial charge in [0.15, 0.2) is 17.5 Å². The molecular formula is C23H33FN4O3. The molecule has 0 spiro atoms. The van der Waals surface area contributed by atoms with Gasteiger partial charge in [-0.3, -0.25) is 0 Å². The second kappa shape index (κ2) is 12.0. The number of guanidine groups is 1. The van der Waals surface area contributed by atoms with E-state index in [0.29, 0.717) is 42.8 Å². The zero-order valence-electron chi connectivity index (χ0n) is 19.2. The van der Waals surface area contributed by atoms with Gasteiger partial charge in [-0.05, 0) is 56.4 Å². The molecule has 0 saturated heterocycles. The van der Waals surface area contributed by atoms with Gasteiger partial charge in [-0.25, -0.2) is 9.38 Å². The third kappa shape index (κ3) is 6.75. The van der Waals surface area contributed by atoms with Crippen LogP contribution >= 0.6 is 0 Å². The molecule has 0 radical (unpaired) electrons. The number of hydrogen-bond donors (Lipinski definition) is 2. The van der Waals surface area contributed by atoms with E-state index in [0.717, 1.165) is 11.1 Å². The van der Waals surface area contributed by atoms with E-state index in [4.69, 9.17) is 14.2 Å². The first-order valence-electron chi connectivity index (χ1n) is 10.2. The summed E-state index contributed by atoms with van der Waals surface area (Å²) >= 11 is 0. The van der Waals surface area contributed by atoms with Gasteiger partial charge in [-0.2, -0.15) is 0 Å². The minimum absolute atomic E-state index is 0.0132. The highest BCUT2D eigenvalue weighted by Crippen LogP contribution is 2.38. The number of likely N-dealkylation sites (N-methyl/N-ethyl adjacent to an activating group) is 1. The van der Waals surface area contributed by atoms with Gasteiger partial charge in [-0.1, -0.05) is 12.1 Å². The predicted molar refractivity (Wildman–Crippen MR) is 122 cm³/mol. The fraction of sp³-hybridized carbons (Fsp3) is 0.435. The Morgan fingerprint density at radius 2 is 1.71 bits per heavy atom. The van der Waals surface area contributed by atoms with Crippen molar-refractivity contribution >= 4 is 5.96 Å². The molecule has 0 aliphatic heterocycles. The minimum atomic E-state index is -0.243. The average molecular weight is 433 g/mol. The Morgan fingerprint density at radius 3 is 2.23 bits per heavy atom. The molecule has 0 aliphatic rings. The van der Waals surface area contributed by atoms with Gasteiger partial charge < -0.3 is 29.7 Å². The Morgan fingerprint density at radius 1 is 1.03 bits per heavy atom. The number of halogens is 1. The molecule has 2 rings (SSSR count). The Labute approximate surface area is 184 Å². The summed E-state index contributed by atoms with van der Waals surface area (Å²) in [6.45, 7) is 3.70. The van der Waals surface area contributed by atoms with E-state index in [1.807, 2.05) is 44.1 Å². The molecule has 0 fully saturated rings. The van der Waals surface area contributed by atoms with Crippen molar-refractivity contribution < 1.29 is 18.6 Å². The van der Waals surface area contributed by atoms with Crippen LogP contribution in [0.5, 0.6) is 17.2 Å². The molecule has 170 valence electrons. The lowest BCUT2D eigenvalue weighted by molar-refractivity contribution is 0.297. The Bertz CT molecular complexity index is 849. The highest BCUT2D eigenvalue weighted by Gasteiger charge is 2.16. The summed E-state index contributed by atoms with van der Waals surface area (Å²) in [6.07, 6.45) is 0. The van der Waals surface area contributed by atoms with E-state index < -0.39 is 0 Å². The van der Waals surface area contributed by atoms with Crippen LogP contribution in [0.15, 0.2) is 41.4 Å². The van der Waals surface area contributed by atoms with Crippen molar-refractivity contribution in [1.29, 1.82) is 0 Å². The maximum absolute atomic E-state index is 13.7. The lowest BCUT2D eigenvalue weighted by Crippen LogP contribution is -2.41. The normalized spacial score (nSPS) is 12.5. The number of nitrogens with zero attached hydrogens (tertiary/aromatic N) is 2. The number of nitrogens with one attached hydrogen (secondary N) is 2. The number of aliphatic imine (C=N–C) groups is 1. The molecule has 2 N–H and O–H groups in total. The summed E-state index contributed by atoms with van der Waals surface area (Å²) in [5.74, 6) is 2.14. The quantitative estimate of drug-likeness (QED) is 0.444. The summed E-state index contributed by atoms with van der Waals surface area (Å²) in [6, 6.07) is 10.4. The Hall–Kier alpha value is -3.00. The zero-order valence-corrected chi connectivity index (χ0v) is 19.2. The van der Waals surface area contributed by atoms with Crippen LogP contribution in [0.3, 0.4) is 0 Å². The molecule has 2 aromatic rings. The van der Waals surface area contributed by atoms with Crippen molar-refractivity contribution in [2.45, 2.75) is 19.5 Å². The molecular weight excluding hydrogens is 399 g/mol. The molecule has 7 nitrogen and oxygen atoms in total. The van der Waals surface area contributed by atoms with E-state index in [1.54, 1.807) is 33.5 Å². The number of benzene rings is 2. The number of ether oxygens (including phenoxy) is 3. The molecule has 1 unspecified atom stereocenters.